The fourth-order valence-corrected chi connectivity index (χ4v) is 8.92. The van der Waals surface area contributed by atoms with E-state index in [4.69, 9.17) is 9.47 Å². The van der Waals surface area contributed by atoms with Gasteiger partial charge in [-0.2, -0.15) is 26.3 Å². The molecular weight excluding hydrogens is 931 g/mol. The third kappa shape index (κ3) is 17.7. The first kappa shape index (κ1) is 56.6. The Kier molecular flexibility index (Phi) is 19.4. The molecule has 4 aliphatic rings. The highest BCUT2D eigenvalue weighted by Gasteiger charge is 2.43. The van der Waals surface area contributed by atoms with Gasteiger partial charge in [0.15, 0.2) is 0 Å². The number of alkyl halides is 6. The molecule has 0 spiro atoms. The van der Waals surface area contributed by atoms with Crippen LogP contribution in [-0.2, 0) is 77.2 Å². The van der Waals surface area contributed by atoms with E-state index in [0.717, 1.165) is 55.8 Å². The van der Waals surface area contributed by atoms with Crippen LogP contribution in [0.25, 0.3) is 0 Å². The topological polar surface area (TPSA) is 124 Å². The van der Waals surface area contributed by atoms with Crippen LogP contribution in [0.4, 0.5) is 35.9 Å². The molecule has 1 aliphatic carbocycles. The second-order valence-electron chi connectivity index (χ2n) is 20.7. The van der Waals surface area contributed by atoms with Gasteiger partial charge in [-0.1, -0.05) is 61.0 Å². The average Bonchev–Trinajstić information content (AvgIpc) is 3.70. The molecule has 3 heterocycles. The minimum atomic E-state index is -4.85. The van der Waals surface area contributed by atoms with Crippen LogP contribution in [0.2, 0.25) is 0 Å². The average molecular weight is 1000 g/mol. The third-order valence-electron chi connectivity index (χ3n) is 12.7. The van der Waals surface area contributed by atoms with Crippen molar-refractivity contribution in [1.29, 1.82) is 0 Å². The zero-order valence-corrected chi connectivity index (χ0v) is 42.5. The Morgan fingerprint density at radius 3 is 1.38 bits per heavy atom. The lowest BCUT2D eigenvalue weighted by Crippen LogP contribution is -2.42. The van der Waals surface area contributed by atoms with Crippen LogP contribution in [-0.4, -0.2) is 127 Å². The molecule has 3 aromatic carbocycles. The lowest BCUT2D eigenvalue weighted by atomic mass is 9.91. The van der Waals surface area contributed by atoms with Crippen molar-refractivity contribution < 1.29 is 55.0 Å². The van der Waals surface area contributed by atoms with Crippen LogP contribution in [0, 0.1) is 0 Å². The number of nitrogens with one attached hydrogen (secondary N) is 2. The van der Waals surface area contributed by atoms with E-state index in [1.54, 1.807) is 59.7 Å². The van der Waals surface area contributed by atoms with Crippen molar-refractivity contribution in [2.24, 2.45) is 0 Å². The molecule has 0 atom stereocenters. The lowest BCUT2D eigenvalue weighted by Gasteiger charge is -2.36. The maximum Gasteiger partial charge on any atom is 0.471 e. The number of ether oxygens (including phenoxy) is 2. The summed E-state index contributed by atoms with van der Waals surface area (Å²) in [6, 6.07) is 19.1. The number of nitrogens with zero attached hydrogens (tertiary/aromatic N) is 4. The van der Waals surface area contributed by atoms with E-state index in [1.165, 1.54) is 55.7 Å². The van der Waals surface area contributed by atoms with Crippen molar-refractivity contribution in [3.63, 3.8) is 0 Å². The molecule has 7 rings (SSSR count). The van der Waals surface area contributed by atoms with Gasteiger partial charge in [0.1, 0.15) is 11.2 Å². The Morgan fingerprint density at radius 1 is 0.577 bits per heavy atom. The predicted molar refractivity (Wildman–Crippen MR) is 260 cm³/mol. The number of hydrogen-bond donors (Lipinski definition) is 2. The van der Waals surface area contributed by atoms with Crippen LogP contribution in [0.1, 0.15) is 111 Å². The highest BCUT2D eigenvalue weighted by atomic mass is 19.4. The number of amides is 4. The minimum absolute atomic E-state index is 0.0221. The summed E-state index contributed by atoms with van der Waals surface area (Å²) in [7, 11) is 3.65. The van der Waals surface area contributed by atoms with Crippen LogP contribution < -0.4 is 10.6 Å². The van der Waals surface area contributed by atoms with Gasteiger partial charge >= 0.3 is 36.4 Å². The first-order valence-electron chi connectivity index (χ1n) is 24.5. The summed E-state index contributed by atoms with van der Waals surface area (Å²) in [6.45, 7) is 14.9. The Balaban J connectivity index is 0.000000202. The molecule has 392 valence electrons. The standard InChI is InChI=1S/C19H25F3N2O3.C18H23F3N2O3.C16H24N2/c1-18(2,3)27-17(26)23(4)12-13-5-6-14-7-9-24(10-8-15(14)11-13)16(25)19(20,21)22;1-17(2,3)26-16(25)22-11-12-4-5-13-6-8-23(9-7-14(13)10-12)15(24)18(19,20)21;1-17-12-13-5-6-14-7-9-18(16-3-2-4-16)10-8-15(14)11-13/h5-6,11H,7-10,12H2,1-4H3;4-5,10H,6-9,11H2,1-3H3,(H,22,25);5-6,11,16-17H,2-4,7-10,12H2,1H3. The van der Waals surface area contributed by atoms with E-state index in [0.29, 0.717) is 32.2 Å². The third-order valence-corrected chi connectivity index (χ3v) is 12.7. The zero-order valence-electron chi connectivity index (χ0n) is 42.5. The summed E-state index contributed by atoms with van der Waals surface area (Å²) in [6.07, 6.45) is -2.45. The van der Waals surface area contributed by atoms with Crippen molar-refractivity contribution in [2.45, 2.75) is 149 Å². The predicted octanol–water partition coefficient (Wildman–Crippen LogP) is 9.10. The SMILES string of the molecule is CC(C)(C)OC(=O)NCc1ccc2c(c1)CCN(C(=O)C(F)(F)F)CC2.CN(Cc1ccc2c(c1)CCN(C(=O)C(F)(F)F)CC2)C(=O)OC(C)(C)C.CNCc1ccc2c(c1)CCN(C1CCC1)CC2. The number of rotatable bonds is 7. The molecular formula is C53H72F6N6O6. The summed E-state index contributed by atoms with van der Waals surface area (Å²) >= 11 is 0. The van der Waals surface area contributed by atoms with Gasteiger partial charge in [-0.05, 0) is 150 Å². The maximum atomic E-state index is 12.7. The van der Waals surface area contributed by atoms with Gasteiger partial charge in [-0.3, -0.25) is 14.5 Å². The van der Waals surface area contributed by atoms with E-state index >= 15 is 0 Å². The molecule has 4 amide bonds. The van der Waals surface area contributed by atoms with Crippen molar-refractivity contribution >= 4 is 24.0 Å². The van der Waals surface area contributed by atoms with Gasteiger partial charge in [0.25, 0.3) is 0 Å². The molecule has 2 N–H and O–H groups in total. The van der Waals surface area contributed by atoms with E-state index in [-0.39, 0.29) is 32.7 Å². The van der Waals surface area contributed by atoms with Gasteiger partial charge in [-0.25, -0.2) is 9.59 Å². The van der Waals surface area contributed by atoms with Crippen LogP contribution in [0.15, 0.2) is 54.6 Å². The van der Waals surface area contributed by atoms with Crippen LogP contribution in [0.5, 0.6) is 0 Å². The quantitative estimate of drug-likeness (QED) is 0.225. The Bertz CT molecular complexity index is 2300. The van der Waals surface area contributed by atoms with E-state index in [2.05, 4.69) is 33.7 Å². The lowest BCUT2D eigenvalue weighted by molar-refractivity contribution is -0.185. The number of fused-ring (bicyclic) bond motifs is 3. The number of carbonyl (C=O) groups is 4. The molecule has 12 nitrogen and oxygen atoms in total. The molecule has 0 bridgehead atoms. The Hall–Kier alpha value is -5.36. The number of hydrogen-bond acceptors (Lipinski definition) is 8. The van der Waals surface area contributed by atoms with E-state index in [1.807, 2.05) is 43.4 Å². The van der Waals surface area contributed by atoms with Crippen molar-refractivity contribution in [3.8, 4) is 0 Å². The molecule has 1 saturated carbocycles. The largest absolute Gasteiger partial charge is 0.471 e. The smallest absolute Gasteiger partial charge is 0.444 e. The summed E-state index contributed by atoms with van der Waals surface area (Å²) in [5.41, 5.74) is 8.74. The summed E-state index contributed by atoms with van der Waals surface area (Å²) in [5.74, 6) is -3.59. The fraction of sp³-hybridized carbons (Fsp3) is 0.585. The molecule has 0 aromatic heterocycles. The van der Waals surface area contributed by atoms with Crippen molar-refractivity contribution in [2.75, 3.05) is 53.4 Å². The molecule has 3 aliphatic heterocycles. The molecule has 0 unspecified atom stereocenters. The number of benzene rings is 3. The van der Waals surface area contributed by atoms with Gasteiger partial charge in [0, 0.05) is 72.0 Å². The monoisotopic (exact) mass is 1000 g/mol. The first-order valence-corrected chi connectivity index (χ1v) is 24.5. The second-order valence-corrected chi connectivity index (χ2v) is 20.7. The number of carbonyl (C=O) groups excluding carboxylic acids is 4. The zero-order chi connectivity index (χ0) is 52.3. The Labute approximate surface area is 414 Å². The second kappa shape index (κ2) is 24.4. The number of alkyl carbamates (subject to hydrolysis) is 1. The highest BCUT2D eigenvalue weighted by Crippen LogP contribution is 2.29. The van der Waals surface area contributed by atoms with Crippen LogP contribution >= 0.6 is 0 Å². The highest BCUT2D eigenvalue weighted by molar-refractivity contribution is 5.82. The van der Waals surface area contributed by atoms with Gasteiger partial charge in [0.05, 0.1) is 0 Å². The van der Waals surface area contributed by atoms with Crippen LogP contribution in [0.3, 0.4) is 0 Å². The molecule has 0 radical (unpaired) electrons. The Morgan fingerprint density at radius 2 is 0.972 bits per heavy atom. The maximum absolute atomic E-state index is 12.7. The van der Waals surface area contributed by atoms with E-state index in [9.17, 15) is 45.5 Å². The van der Waals surface area contributed by atoms with Gasteiger partial charge in [0.2, 0.25) is 0 Å². The first-order chi connectivity index (χ1) is 33.2. The number of halogens is 6. The minimum Gasteiger partial charge on any atom is -0.444 e. The summed E-state index contributed by atoms with van der Waals surface area (Å²) < 4.78 is 86.3. The summed E-state index contributed by atoms with van der Waals surface area (Å²) in [4.78, 5) is 52.5. The molecule has 1 fully saturated rings. The molecule has 0 saturated heterocycles. The van der Waals surface area contributed by atoms with Crippen molar-refractivity contribution in [1.82, 2.24) is 30.2 Å². The molecule has 18 heteroatoms. The molecule has 71 heavy (non-hydrogen) atoms. The normalized spacial score (nSPS) is 16.6. The van der Waals surface area contributed by atoms with Crippen molar-refractivity contribution in [3.05, 3.63) is 105 Å². The van der Waals surface area contributed by atoms with E-state index < -0.39 is 47.6 Å². The van der Waals surface area contributed by atoms with Gasteiger partial charge in [-0.15, -0.1) is 0 Å². The molecule has 3 aromatic rings. The fourth-order valence-electron chi connectivity index (χ4n) is 8.92. The van der Waals surface area contributed by atoms with Gasteiger partial charge < -0.3 is 34.8 Å². The summed E-state index contributed by atoms with van der Waals surface area (Å²) in [5, 5.41) is 5.89.